The molecule has 0 saturated carbocycles. The van der Waals surface area contributed by atoms with Crippen LogP contribution < -0.4 is 0 Å². The monoisotopic (exact) mass is 205 g/mol. The number of benzene rings is 1. The quantitative estimate of drug-likeness (QED) is 0.431. The molecule has 0 fully saturated rings. The zero-order valence-corrected chi connectivity index (χ0v) is 9.02. The van der Waals surface area contributed by atoms with Crippen molar-refractivity contribution in [3.63, 3.8) is 0 Å². The van der Waals surface area contributed by atoms with E-state index in [0.29, 0.717) is 0 Å². The summed E-state index contributed by atoms with van der Waals surface area (Å²) >= 11 is 4.41. The van der Waals surface area contributed by atoms with Crippen LogP contribution in [-0.2, 0) is 0 Å². The van der Waals surface area contributed by atoms with Gasteiger partial charge in [-0.3, -0.25) is 4.79 Å². The lowest BCUT2D eigenvalue weighted by Gasteiger charge is -2.03. The van der Waals surface area contributed by atoms with E-state index in [4.69, 9.17) is 0 Å². The molecule has 0 radical (unpaired) electrons. The van der Waals surface area contributed by atoms with E-state index in [0.717, 1.165) is 16.7 Å². The standard InChI is InChI=1S/C11H11NOS/c1-8-3-4-9(2)10(5-8)11(13)6-12-7-14/h3-5H,6H2,1-2H3. The molecule has 1 rings (SSSR count). The van der Waals surface area contributed by atoms with Gasteiger partial charge in [0.2, 0.25) is 0 Å². The average molecular weight is 205 g/mol. The largest absolute Gasteiger partial charge is 0.292 e. The first kappa shape index (κ1) is 10.8. The second-order valence-electron chi connectivity index (χ2n) is 3.15. The summed E-state index contributed by atoms with van der Waals surface area (Å²) in [5, 5.41) is 2.19. The van der Waals surface area contributed by atoms with Crippen molar-refractivity contribution in [2.24, 2.45) is 4.99 Å². The molecular weight excluding hydrogens is 194 g/mol. The summed E-state index contributed by atoms with van der Waals surface area (Å²) in [4.78, 5) is 15.2. The lowest BCUT2D eigenvalue weighted by molar-refractivity contribution is 0.100. The van der Waals surface area contributed by atoms with Gasteiger partial charge in [0, 0.05) is 5.56 Å². The van der Waals surface area contributed by atoms with Crippen LogP contribution in [0.1, 0.15) is 21.5 Å². The first-order valence-corrected chi connectivity index (χ1v) is 4.70. The minimum absolute atomic E-state index is 0.0106. The highest BCUT2D eigenvalue weighted by atomic mass is 32.1. The zero-order valence-electron chi connectivity index (χ0n) is 8.20. The van der Waals surface area contributed by atoms with Gasteiger partial charge in [-0.15, -0.1) is 0 Å². The Morgan fingerprint density at radius 3 is 2.86 bits per heavy atom. The Morgan fingerprint density at radius 2 is 2.21 bits per heavy atom. The van der Waals surface area contributed by atoms with Crippen molar-refractivity contribution in [2.75, 3.05) is 6.54 Å². The van der Waals surface area contributed by atoms with Crippen LogP contribution in [0.4, 0.5) is 0 Å². The van der Waals surface area contributed by atoms with Crippen molar-refractivity contribution in [1.29, 1.82) is 0 Å². The molecule has 1 aromatic carbocycles. The van der Waals surface area contributed by atoms with Crippen molar-refractivity contribution in [1.82, 2.24) is 0 Å². The molecule has 1 aromatic rings. The predicted molar refractivity (Wildman–Crippen MR) is 60.1 cm³/mol. The van der Waals surface area contributed by atoms with Crippen LogP contribution in [0.25, 0.3) is 0 Å². The molecule has 0 unspecified atom stereocenters. The summed E-state index contributed by atoms with van der Waals surface area (Å²) < 4.78 is 0. The highest BCUT2D eigenvalue weighted by Crippen LogP contribution is 2.11. The van der Waals surface area contributed by atoms with Crippen LogP contribution >= 0.6 is 12.2 Å². The number of carbonyl (C=O) groups is 1. The van der Waals surface area contributed by atoms with Crippen molar-refractivity contribution >= 4 is 23.2 Å². The van der Waals surface area contributed by atoms with Crippen LogP contribution in [0, 0.1) is 13.8 Å². The summed E-state index contributed by atoms with van der Waals surface area (Å²) in [6.45, 7) is 3.96. The minimum atomic E-state index is -0.0106. The summed E-state index contributed by atoms with van der Waals surface area (Å²) in [7, 11) is 0. The van der Waals surface area contributed by atoms with Crippen LogP contribution in [0.2, 0.25) is 0 Å². The number of aryl methyl sites for hydroxylation is 2. The van der Waals surface area contributed by atoms with Gasteiger partial charge < -0.3 is 0 Å². The van der Waals surface area contributed by atoms with Gasteiger partial charge in [-0.2, -0.15) is 0 Å². The minimum Gasteiger partial charge on any atom is -0.292 e. The molecule has 0 aliphatic carbocycles. The summed E-state index contributed by atoms with van der Waals surface area (Å²) in [6, 6.07) is 5.79. The van der Waals surface area contributed by atoms with Crippen LogP contribution in [-0.4, -0.2) is 17.5 Å². The molecule has 0 heterocycles. The molecule has 0 amide bonds. The fraction of sp³-hybridized carbons (Fsp3) is 0.273. The number of isothiocyanates is 1. The molecule has 0 N–H and O–H groups in total. The molecule has 0 aromatic heterocycles. The smallest absolute Gasteiger partial charge is 0.185 e. The number of aliphatic imine (C=N–C) groups is 1. The molecule has 0 saturated heterocycles. The molecule has 3 heteroatoms. The number of carbonyl (C=O) groups excluding carboxylic acids is 1. The van der Waals surface area contributed by atoms with Gasteiger partial charge in [-0.1, -0.05) is 17.7 Å². The summed E-state index contributed by atoms with van der Waals surface area (Å²) in [6.07, 6.45) is 0. The fourth-order valence-electron chi connectivity index (χ4n) is 1.23. The maximum atomic E-state index is 11.6. The second kappa shape index (κ2) is 4.80. The van der Waals surface area contributed by atoms with Gasteiger partial charge in [-0.05, 0) is 37.7 Å². The molecular formula is C11H11NOS. The maximum absolute atomic E-state index is 11.6. The SMILES string of the molecule is Cc1ccc(C)c(C(=O)CN=C=S)c1. The molecule has 0 bridgehead atoms. The van der Waals surface area contributed by atoms with E-state index in [9.17, 15) is 4.79 Å². The Hall–Kier alpha value is -1.31. The van der Waals surface area contributed by atoms with E-state index in [1.165, 1.54) is 0 Å². The molecule has 0 atom stereocenters. The third kappa shape index (κ3) is 2.59. The van der Waals surface area contributed by atoms with E-state index in [2.05, 4.69) is 22.4 Å². The second-order valence-corrected chi connectivity index (χ2v) is 3.33. The Morgan fingerprint density at radius 1 is 1.50 bits per heavy atom. The molecule has 0 aliphatic rings. The third-order valence-corrected chi connectivity index (χ3v) is 2.11. The Kier molecular flexibility index (Phi) is 3.69. The lowest BCUT2D eigenvalue weighted by atomic mass is 10.0. The highest BCUT2D eigenvalue weighted by Gasteiger charge is 2.07. The van der Waals surface area contributed by atoms with E-state index < -0.39 is 0 Å². The molecule has 0 spiro atoms. The van der Waals surface area contributed by atoms with Crippen molar-refractivity contribution < 1.29 is 4.79 Å². The van der Waals surface area contributed by atoms with Gasteiger partial charge in [0.1, 0.15) is 6.54 Å². The van der Waals surface area contributed by atoms with Gasteiger partial charge in [-0.25, -0.2) is 4.99 Å². The first-order chi connectivity index (χ1) is 6.65. The van der Waals surface area contributed by atoms with Crippen LogP contribution in [0.5, 0.6) is 0 Å². The molecule has 2 nitrogen and oxygen atoms in total. The summed E-state index contributed by atoms with van der Waals surface area (Å²) in [5.74, 6) is -0.0106. The van der Waals surface area contributed by atoms with E-state index >= 15 is 0 Å². The fourth-order valence-corrected chi connectivity index (χ4v) is 1.29. The van der Waals surface area contributed by atoms with Gasteiger partial charge in [0.05, 0.1) is 5.16 Å². The molecule has 0 aliphatic heterocycles. The van der Waals surface area contributed by atoms with Crippen molar-refractivity contribution in [3.8, 4) is 0 Å². The number of rotatable bonds is 3. The lowest BCUT2D eigenvalue weighted by Crippen LogP contribution is -2.05. The number of Topliss-reactive ketones (excluding diaryl/α,β-unsaturated/α-hetero) is 1. The van der Waals surface area contributed by atoms with Crippen molar-refractivity contribution in [3.05, 3.63) is 34.9 Å². The predicted octanol–water partition coefficient (Wildman–Crippen LogP) is 2.59. The molecule has 14 heavy (non-hydrogen) atoms. The maximum Gasteiger partial charge on any atom is 0.185 e. The number of hydrogen-bond acceptors (Lipinski definition) is 3. The van der Waals surface area contributed by atoms with E-state index in [1.807, 2.05) is 32.0 Å². The van der Waals surface area contributed by atoms with Crippen LogP contribution in [0.3, 0.4) is 0 Å². The van der Waals surface area contributed by atoms with Gasteiger partial charge in [0.25, 0.3) is 0 Å². The van der Waals surface area contributed by atoms with Crippen LogP contribution in [0.15, 0.2) is 23.2 Å². The average Bonchev–Trinajstić information content (AvgIpc) is 2.18. The number of hydrogen-bond donors (Lipinski definition) is 0. The highest BCUT2D eigenvalue weighted by molar-refractivity contribution is 7.78. The topological polar surface area (TPSA) is 29.4 Å². The zero-order chi connectivity index (χ0) is 10.6. The third-order valence-electron chi connectivity index (χ3n) is 1.98. The van der Waals surface area contributed by atoms with E-state index in [1.54, 1.807) is 0 Å². The summed E-state index contributed by atoms with van der Waals surface area (Å²) in [5.41, 5.74) is 2.77. The van der Waals surface area contributed by atoms with Crippen molar-refractivity contribution in [2.45, 2.75) is 13.8 Å². The van der Waals surface area contributed by atoms with E-state index in [-0.39, 0.29) is 12.3 Å². The first-order valence-electron chi connectivity index (χ1n) is 4.29. The number of nitrogens with zero attached hydrogens (tertiary/aromatic N) is 1. The van der Waals surface area contributed by atoms with Gasteiger partial charge >= 0.3 is 0 Å². The Labute approximate surface area is 88.7 Å². The number of thiocarbonyl (C=S) groups is 1. The Bertz CT molecular complexity index is 406. The molecule has 72 valence electrons. The van der Waals surface area contributed by atoms with Gasteiger partial charge in [0.15, 0.2) is 5.78 Å². The Balaban J connectivity index is 2.99. The number of ketones is 1. The normalized spacial score (nSPS) is 9.29.